The lowest BCUT2D eigenvalue weighted by molar-refractivity contribution is 1.73. The molecule has 1 heteroatoms. The lowest BCUT2D eigenvalue weighted by atomic mass is 10.4. The van der Waals surface area contributed by atoms with Crippen molar-refractivity contribution in [3.8, 4) is 0 Å². The van der Waals surface area contributed by atoms with E-state index >= 15 is 0 Å². The van der Waals surface area contributed by atoms with Crippen LogP contribution in [0, 0.1) is 0 Å². The van der Waals surface area contributed by atoms with Gasteiger partial charge in [-0.1, -0.05) is 37.0 Å². The van der Waals surface area contributed by atoms with Gasteiger partial charge in [0.1, 0.15) is 0 Å². The first-order valence-corrected chi connectivity index (χ1v) is 2.32. The third kappa shape index (κ3) is 9.10. The molecule has 0 heterocycles. The fraction of sp³-hybridized carbons (Fsp3) is 0.143. The van der Waals surface area contributed by atoms with E-state index in [2.05, 4.69) is 6.58 Å². The molecule has 0 nitrogen and oxygen atoms in total. The molecule has 0 aromatic carbocycles. The second-order valence-electron chi connectivity index (χ2n) is 1.15. The SMILES string of the molecule is C=CC=CC=CC.Cl. The van der Waals surface area contributed by atoms with Crippen LogP contribution in [0.25, 0.3) is 0 Å². The molecule has 0 aromatic rings. The standard InChI is InChI=1S/C7H10.ClH/c1-3-5-7-6-4-2;/h3-7H,1H2,2H3;1H. The highest BCUT2D eigenvalue weighted by Gasteiger charge is 1.52. The van der Waals surface area contributed by atoms with E-state index < -0.39 is 0 Å². The van der Waals surface area contributed by atoms with Gasteiger partial charge >= 0.3 is 0 Å². The molecule has 0 saturated heterocycles. The summed E-state index contributed by atoms with van der Waals surface area (Å²) in [6.07, 6.45) is 9.51. The molecule has 0 aliphatic carbocycles. The summed E-state index contributed by atoms with van der Waals surface area (Å²) in [6, 6.07) is 0. The van der Waals surface area contributed by atoms with Gasteiger partial charge in [0.05, 0.1) is 0 Å². The van der Waals surface area contributed by atoms with Crippen molar-refractivity contribution >= 4 is 12.4 Å². The molecule has 0 fully saturated rings. The van der Waals surface area contributed by atoms with Crippen LogP contribution < -0.4 is 0 Å². The van der Waals surface area contributed by atoms with Gasteiger partial charge in [-0.05, 0) is 6.92 Å². The van der Waals surface area contributed by atoms with Gasteiger partial charge in [-0.25, -0.2) is 0 Å². The molecule has 0 unspecified atom stereocenters. The van der Waals surface area contributed by atoms with Crippen LogP contribution in [0.4, 0.5) is 0 Å². The number of allylic oxidation sites excluding steroid dienone is 5. The molecular formula is C7H11Cl. The summed E-state index contributed by atoms with van der Waals surface area (Å²) >= 11 is 0. The molecular weight excluding hydrogens is 120 g/mol. The van der Waals surface area contributed by atoms with E-state index in [9.17, 15) is 0 Å². The molecule has 0 aromatic heterocycles. The van der Waals surface area contributed by atoms with Gasteiger partial charge < -0.3 is 0 Å². The summed E-state index contributed by atoms with van der Waals surface area (Å²) < 4.78 is 0. The fourth-order valence-corrected chi connectivity index (χ4v) is 0.254. The smallest absolute Gasteiger partial charge is 0.0467 e. The van der Waals surface area contributed by atoms with Crippen LogP contribution in [0.3, 0.4) is 0 Å². The van der Waals surface area contributed by atoms with Gasteiger partial charge in [0.25, 0.3) is 0 Å². The first kappa shape index (κ1) is 10.5. The van der Waals surface area contributed by atoms with Gasteiger partial charge in [-0.15, -0.1) is 12.4 Å². The zero-order valence-corrected chi connectivity index (χ0v) is 5.82. The molecule has 8 heavy (non-hydrogen) atoms. The Labute approximate surface area is 57.0 Å². The minimum absolute atomic E-state index is 0. The van der Waals surface area contributed by atoms with E-state index in [0.29, 0.717) is 0 Å². The molecule has 0 radical (unpaired) electrons. The average Bonchev–Trinajstić information content (AvgIpc) is 1.69. The van der Waals surface area contributed by atoms with Crippen LogP contribution in [-0.4, -0.2) is 0 Å². The number of hydrogen-bond donors (Lipinski definition) is 0. The third-order valence-corrected chi connectivity index (χ3v) is 0.551. The maximum atomic E-state index is 3.51. The van der Waals surface area contributed by atoms with Crippen molar-refractivity contribution in [2.24, 2.45) is 0 Å². The van der Waals surface area contributed by atoms with Crippen molar-refractivity contribution in [1.82, 2.24) is 0 Å². The van der Waals surface area contributed by atoms with E-state index in [1.165, 1.54) is 0 Å². The van der Waals surface area contributed by atoms with Crippen LogP contribution in [0.15, 0.2) is 37.0 Å². The largest absolute Gasteiger partial charge is 0.147 e. The van der Waals surface area contributed by atoms with Crippen LogP contribution in [0.2, 0.25) is 0 Å². The van der Waals surface area contributed by atoms with E-state index in [-0.39, 0.29) is 12.4 Å². The molecule has 46 valence electrons. The quantitative estimate of drug-likeness (QED) is 0.505. The normalized spacial score (nSPS) is 9.62. The lowest BCUT2D eigenvalue weighted by Gasteiger charge is -1.65. The minimum Gasteiger partial charge on any atom is -0.147 e. The second-order valence-corrected chi connectivity index (χ2v) is 1.15. The average molecular weight is 131 g/mol. The Kier molecular flexibility index (Phi) is 12.7. The second kappa shape index (κ2) is 9.72. The lowest BCUT2D eigenvalue weighted by Crippen LogP contribution is -1.43. The zero-order valence-electron chi connectivity index (χ0n) is 5.00. The highest BCUT2D eigenvalue weighted by Crippen LogP contribution is 1.74. The monoisotopic (exact) mass is 130 g/mol. The maximum Gasteiger partial charge on any atom is -0.0467 e. The van der Waals surface area contributed by atoms with Crippen molar-refractivity contribution in [3.63, 3.8) is 0 Å². The zero-order chi connectivity index (χ0) is 5.54. The van der Waals surface area contributed by atoms with E-state index in [4.69, 9.17) is 0 Å². The van der Waals surface area contributed by atoms with Crippen LogP contribution in [-0.2, 0) is 0 Å². The first-order chi connectivity index (χ1) is 3.41. The Hall–Kier alpha value is -0.490. The Bertz CT molecular complexity index is 90.6. The Morgan fingerprint density at radius 2 is 1.75 bits per heavy atom. The number of hydrogen-bond acceptors (Lipinski definition) is 0. The molecule has 0 bridgehead atoms. The topological polar surface area (TPSA) is 0 Å². The maximum absolute atomic E-state index is 3.51. The number of rotatable bonds is 2. The summed E-state index contributed by atoms with van der Waals surface area (Å²) in [5, 5.41) is 0. The minimum atomic E-state index is 0. The molecule has 0 spiro atoms. The molecule has 0 atom stereocenters. The van der Waals surface area contributed by atoms with Gasteiger partial charge in [0.2, 0.25) is 0 Å². The first-order valence-electron chi connectivity index (χ1n) is 2.32. The van der Waals surface area contributed by atoms with Crippen molar-refractivity contribution in [1.29, 1.82) is 0 Å². The van der Waals surface area contributed by atoms with E-state index in [0.717, 1.165) is 0 Å². The summed E-state index contributed by atoms with van der Waals surface area (Å²) in [4.78, 5) is 0. The van der Waals surface area contributed by atoms with Crippen LogP contribution in [0.5, 0.6) is 0 Å². The van der Waals surface area contributed by atoms with Gasteiger partial charge in [-0.2, -0.15) is 0 Å². The Morgan fingerprint density at radius 3 is 2.12 bits per heavy atom. The summed E-state index contributed by atoms with van der Waals surface area (Å²) in [5.74, 6) is 0. The predicted octanol–water partition coefficient (Wildman–Crippen LogP) is 2.73. The predicted molar refractivity (Wildman–Crippen MR) is 41.4 cm³/mol. The molecule has 0 N–H and O–H groups in total. The molecule has 0 saturated carbocycles. The van der Waals surface area contributed by atoms with Crippen molar-refractivity contribution in [2.45, 2.75) is 6.92 Å². The van der Waals surface area contributed by atoms with Gasteiger partial charge in [-0.3, -0.25) is 0 Å². The molecule has 0 rings (SSSR count). The molecule has 0 amide bonds. The summed E-state index contributed by atoms with van der Waals surface area (Å²) in [7, 11) is 0. The van der Waals surface area contributed by atoms with E-state index in [1.807, 2.05) is 31.2 Å². The Balaban J connectivity index is 0. The molecule has 0 aliphatic heterocycles. The van der Waals surface area contributed by atoms with Gasteiger partial charge in [0.15, 0.2) is 0 Å². The summed E-state index contributed by atoms with van der Waals surface area (Å²) in [5.41, 5.74) is 0. The van der Waals surface area contributed by atoms with Crippen LogP contribution in [0.1, 0.15) is 6.92 Å². The van der Waals surface area contributed by atoms with Gasteiger partial charge in [0, 0.05) is 0 Å². The van der Waals surface area contributed by atoms with Crippen molar-refractivity contribution in [3.05, 3.63) is 37.0 Å². The fourth-order valence-electron chi connectivity index (χ4n) is 0.254. The summed E-state index contributed by atoms with van der Waals surface area (Å²) in [6.45, 7) is 5.49. The third-order valence-electron chi connectivity index (χ3n) is 0.551. The highest BCUT2D eigenvalue weighted by molar-refractivity contribution is 5.85. The van der Waals surface area contributed by atoms with Crippen molar-refractivity contribution in [2.75, 3.05) is 0 Å². The van der Waals surface area contributed by atoms with Crippen molar-refractivity contribution < 1.29 is 0 Å². The Morgan fingerprint density at radius 1 is 1.12 bits per heavy atom. The van der Waals surface area contributed by atoms with E-state index in [1.54, 1.807) is 6.08 Å². The van der Waals surface area contributed by atoms with Crippen LogP contribution >= 0.6 is 12.4 Å². The molecule has 0 aliphatic rings. The number of halogens is 1. The highest BCUT2D eigenvalue weighted by atomic mass is 35.5.